The number of anilines is 1. The molecule has 0 atom stereocenters. The van der Waals surface area contributed by atoms with Crippen LogP contribution in [0.3, 0.4) is 0 Å². The average molecular weight is 403 g/mol. The lowest BCUT2D eigenvalue weighted by Gasteiger charge is -2.14. The number of sulfonamides is 1. The molecule has 1 N–H and O–H groups in total. The van der Waals surface area contributed by atoms with E-state index in [4.69, 9.17) is 4.74 Å². The number of hydrogen-bond acceptors (Lipinski definition) is 5. The van der Waals surface area contributed by atoms with Gasteiger partial charge in [0.25, 0.3) is 10.0 Å². The van der Waals surface area contributed by atoms with Gasteiger partial charge in [-0.15, -0.1) is 11.3 Å². The molecular weight excluding hydrogens is 380 g/mol. The molecule has 0 aliphatic carbocycles. The van der Waals surface area contributed by atoms with Gasteiger partial charge >= 0.3 is 0 Å². The Morgan fingerprint density at radius 3 is 2.37 bits per heavy atom. The molecule has 1 heterocycles. The Bertz CT molecular complexity index is 1050. The second-order valence-corrected chi connectivity index (χ2v) is 9.04. The standard InChI is InChI=1S/C20H22N2O3S2/c1-5-25-19-7-6-16(18-12-26-15(4)21-18)11-20(19)27(23,24)22-17-9-13(2)8-14(3)10-17/h6-12,22H,5H2,1-4H3. The van der Waals surface area contributed by atoms with Crippen LogP contribution in [0, 0.1) is 20.8 Å². The molecule has 0 spiro atoms. The van der Waals surface area contributed by atoms with E-state index in [-0.39, 0.29) is 4.90 Å². The van der Waals surface area contributed by atoms with Gasteiger partial charge in [0.2, 0.25) is 0 Å². The number of nitrogens with zero attached hydrogens (tertiary/aromatic N) is 1. The molecule has 0 aliphatic rings. The van der Waals surface area contributed by atoms with Crippen molar-refractivity contribution < 1.29 is 13.2 Å². The molecule has 3 rings (SSSR count). The molecule has 0 radical (unpaired) electrons. The molecular formula is C20H22N2O3S2. The molecule has 0 fully saturated rings. The summed E-state index contributed by atoms with van der Waals surface area (Å²) in [7, 11) is -3.82. The summed E-state index contributed by atoms with van der Waals surface area (Å²) in [4.78, 5) is 4.55. The minimum absolute atomic E-state index is 0.103. The number of aryl methyl sites for hydroxylation is 3. The maximum absolute atomic E-state index is 13.1. The summed E-state index contributed by atoms with van der Waals surface area (Å²) in [5.74, 6) is 0.324. The Kier molecular flexibility index (Phi) is 5.53. The van der Waals surface area contributed by atoms with E-state index >= 15 is 0 Å². The Hall–Kier alpha value is -2.38. The van der Waals surface area contributed by atoms with Crippen LogP contribution in [0.1, 0.15) is 23.1 Å². The van der Waals surface area contributed by atoms with Crippen LogP contribution in [0.2, 0.25) is 0 Å². The molecule has 5 nitrogen and oxygen atoms in total. The van der Waals surface area contributed by atoms with Crippen LogP contribution in [0.5, 0.6) is 5.75 Å². The van der Waals surface area contributed by atoms with E-state index in [0.717, 1.165) is 27.4 Å². The zero-order valence-corrected chi connectivity index (χ0v) is 17.4. The number of rotatable bonds is 6. The van der Waals surface area contributed by atoms with Gasteiger partial charge in [-0.05, 0) is 69.2 Å². The van der Waals surface area contributed by atoms with Crippen LogP contribution < -0.4 is 9.46 Å². The van der Waals surface area contributed by atoms with E-state index in [1.807, 2.05) is 45.2 Å². The summed E-state index contributed by atoms with van der Waals surface area (Å²) in [5, 5.41) is 2.84. The van der Waals surface area contributed by atoms with Crippen molar-refractivity contribution >= 4 is 27.0 Å². The van der Waals surface area contributed by atoms with Crippen LogP contribution in [0.25, 0.3) is 11.3 Å². The molecule has 0 aliphatic heterocycles. The smallest absolute Gasteiger partial charge is 0.265 e. The number of nitrogens with one attached hydrogen (secondary N) is 1. The summed E-state index contributed by atoms with van der Waals surface area (Å²) in [6.07, 6.45) is 0. The van der Waals surface area contributed by atoms with Crippen LogP contribution >= 0.6 is 11.3 Å². The molecule has 2 aromatic carbocycles. The zero-order valence-electron chi connectivity index (χ0n) is 15.7. The summed E-state index contributed by atoms with van der Waals surface area (Å²) in [5.41, 5.74) is 4.01. The lowest BCUT2D eigenvalue weighted by Crippen LogP contribution is -2.15. The fraction of sp³-hybridized carbons (Fsp3) is 0.250. The molecule has 0 unspecified atom stereocenters. The van der Waals surface area contributed by atoms with Crippen LogP contribution in [0.4, 0.5) is 5.69 Å². The molecule has 0 bridgehead atoms. The first-order chi connectivity index (χ1) is 12.8. The fourth-order valence-electron chi connectivity index (χ4n) is 2.89. The van der Waals surface area contributed by atoms with E-state index in [9.17, 15) is 8.42 Å². The molecule has 142 valence electrons. The quantitative estimate of drug-likeness (QED) is 0.634. The zero-order chi connectivity index (χ0) is 19.6. The lowest BCUT2D eigenvalue weighted by molar-refractivity contribution is 0.331. The first-order valence-electron chi connectivity index (χ1n) is 8.59. The van der Waals surface area contributed by atoms with Gasteiger partial charge in [-0.25, -0.2) is 13.4 Å². The molecule has 0 saturated heterocycles. The van der Waals surface area contributed by atoms with E-state index < -0.39 is 10.0 Å². The second-order valence-electron chi connectivity index (χ2n) is 6.33. The molecule has 27 heavy (non-hydrogen) atoms. The number of hydrogen-bond donors (Lipinski definition) is 1. The van der Waals surface area contributed by atoms with E-state index in [0.29, 0.717) is 18.0 Å². The van der Waals surface area contributed by atoms with E-state index in [1.165, 1.54) is 11.3 Å². The van der Waals surface area contributed by atoms with E-state index in [2.05, 4.69) is 9.71 Å². The maximum atomic E-state index is 13.1. The Labute approximate surface area is 164 Å². The van der Waals surface area contributed by atoms with Crippen molar-refractivity contribution in [3.05, 3.63) is 57.9 Å². The first kappa shape index (κ1) is 19.4. The van der Waals surface area contributed by atoms with Crippen molar-refractivity contribution in [2.24, 2.45) is 0 Å². The van der Waals surface area contributed by atoms with Gasteiger partial charge in [0.1, 0.15) is 10.6 Å². The highest BCUT2D eigenvalue weighted by atomic mass is 32.2. The normalized spacial score (nSPS) is 11.4. The van der Waals surface area contributed by atoms with Crippen molar-refractivity contribution in [3.8, 4) is 17.0 Å². The molecule has 0 saturated carbocycles. The third-order valence-electron chi connectivity index (χ3n) is 3.92. The number of benzene rings is 2. The number of thiazole rings is 1. The van der Waals surface area contributed by atoms with Crippen LogP contribution in [-0.2, 0) is 10.0 Å². The van der Waals surface area contributed by atoms with Crippen molar-refractivity contribution in [2.45, 2.75) is 32.6 Å². The SMILES string of the molecule is CCOc1ccc(-c2csc(C)n2)cc1S(=O)(=O)Nc1cc(C)cc(C)c1. The Balaban J connectivity index is 2.05. The average Bonchev–Trinajstić information content (AvgIpc) is 3.00. The van der Waals surface area contributed by atoms with Crippen LogP contribution in [-0.4, -0.2) is 20.0 Å². The van der Waals surface area contributed by atoms with Gasteiger partial charge in [0, 0.05) is 16.6 Å². The van der Waals surface area contributed by atoms with Crippen molar-refractivity contribution in [2.75, 3.05) is 11.3 Å². The second kappa shape index (κ2) is 7.70. The van der Waals surface area contributed by atoms with Crippen molar-refractivity contribution in [3.63, 3.8) is 0 Å². The van der Waals surface area contributed by atoms with Gasteiger partial charge in [-0.1, -0.05) is 6.07 Å². The van der Waals surface area contributed by atoms with Gasteiger partial charge in [-0.2, -0.15) is 0 Å². The van der Waals surface area contributed by atoms with E-state index in [1.54, 1.807) is 24.3 Å². The highest BCUT2D eigenvalue weighted by Gasteiger charge is 2.22. The molecule has 1 aromatic heterocycles. The predicted molar refractivity (Wildman–Crippen MR) is 110 cm³/mol. The van der Waals surface area contributed by atoms with Gasteiger partial charge < -0.3 is 4.74 Å². The molecule has 7 heteroatoms. The highest BCUT2D eigenvalue weighted by Crippen LogP contribution is 2.32. The Morgan fingerprint density at radius 2 is 1.78 bits per heavy atom. The minimum Gasteiger partial charge on any atom is -0.492 e. The van der Waals surface area contributed by atoms with Crippen molar-refractivity contribution in [1.82, 2.24) is 4.98 Å². The van der Waals surface area contributed by atoms with Gasteiger partial charge in [0.05, 0.1) is 17.3 Å². The number of aromatic nitrogens is 1. The minimum atomic E-state index is -3.82. The van der Waals surface area contributed by atoms with Gasteiger partial charge in [0.15, 0.2) is 0 Å². The summed E-state index contributed by atoms with van der Waals surface area (Å²) >= 11 is 1.53. The van der Waals surface area contributed by atoms with Gasteiger partial charge in [-0.3, -0.25) is 4.72 Å². The monoisotopic (exact) mass is 402 g/mol. The Morgan fingerprint density at radius 1 is 1.07 bits per heavy atom. The largest absolute Gasteiger partial charge is 0.492 e. The summed E-state index contributed by atoms with van der Waals surface area (Å²) in [6.45, 7) is 7.98. The summed E-state index contributed by atoms with van der Waals surface area (Å²) in [6, 6.07) is 10.7. The maximum Gasteiger partial charge on any atom is 0.265 e. The van der Waals surface area contributed by atoms with Crippen LogP contribution in [0.15, 0.2) is 46.7 Å². The number of ether oxygens (including phenoxy) is 1. The van der Waals surface area contributed by atoms with Crippen molar-refractivity contribution in [1.29, 1.82) is 0 Å². The molecule has 3 aromatic rings. The summed E-state index contributed by atoms with van der Waals surface area (Å²) < 4.78 is 34.4. The third-order valence-corrected chi connectivity index (χ3v) is 6.10. The highest BCUT2D eigenvalue weighted by molar-refractivity contribution is 7.92. The fourth-order valence-corrected chi connectivity index (χ4v) is 4.73. The molecule has 0 amide bonds. The lowest BCUT2D eigenvalue weighted by atomic mass is 10.1. The third kappa shape index (κ3) is 4.48. The predicted octanol–water partition coefficient (Wildman–Crippen LogP) is 4.93. The topological polar surface area (TPSA) is 68.3 Å². The first-order valence-corrected chi connectivity index (χ1v) is 11.0.